The molecule has 24 heavy (non-hydrogen) atoms. The fraction of sp³-hybridized carbons (Fsp3) is 0.222. The minimum atomic E-state index is -0.108. The number of anilines is 2. The van der Waals surface area contributed by atoms with Crippen LogP contribution in [0.4, 0.5) is 16.2 Å². The van der Waals surface area contributed by atoms with Crippen LogP contribution in [-0.2, 0) is 4.74 Å². The van der Waals surface area contributed by atoms with E-state index in [0.29, 0.717) is 17.5 Å². The number of amides is 1. The predicted molar refractivity (Wildman–Crippen MR) is 103 cm³/mol. The van der Waals surface area contributed by atoms with Gasteiger partial charge in [0.25, 0.3) is 5.24 Å². The zero-order valence-corrected chi connectivity index (χ0v) is 14.8. The van der Waals surface area contributed by atoms with Crippen LogP contribution in [0.5, 0.6) is 0 Å². The van der Waals surface area contributed by atoms with Gasteiger partial charge in [0.1, 0.15) is 4.32 Å². The van der Waals surface area contributed by atoms with Gasteiger partial charge in [-0.3, -0.25) is 9.69 Å². The fourth-order valence-electron chi connectivity index (χ4n) is 2.44. The number of carbonyl (C=O) groups is 1. The molecule has 4 nitrogen and oxygen atoms in total. The molecular weight excluding hydrogens is 340 g/mol. The van der Waals surface area contributed by atoms with Gasteiger partial charge in [0.15, 0.2) is 0 Å². The maximum absolute atomic E-state index is 12.9. The Balaban J connectivity index is 1.80. The first-order valence-corrected chi connectivity index (χ1v) is 8.97. The number of nitrogens with zero attached hydrogens (tertiary/aromatic N) is 2. The average Bonchev–Trinajstić information content (AvgIpc) is 2.64. The van der Waals surface area contributed by atoms with Gasteiger partial charge >= 0.3 is 0 Å². The third kappa shape index (κ3) is 4.14. The predicted octanol–water partition coefficient (Wildman–Crippen LogP) is 4.30. The second-order valence-electron chi connectivity index (χ2n) is 5.24. The smallest absolute Gasteiger partial charge is 0.297 e. The normalized spacial score (nSPS) is 14.2. The fourth-order valence-corrected chi connectivity index (χ4v) is 3.60. The van der Waals surface area contributed by atoms with Crippen molar-refractivity contribution in [1.29, 1.82) is 0 Å². The van der Waals surface area contributed by atoms with Crippen molar-refractivity contribution in [3.63, 3.8) is 0 Å². The summed E-state index contributed by atoms with van der Waals surface area (Å²) < 4.78 is 5.93. The molecule has 0 atom stereocenters. The van der Waals surface area contributed by atoms with Crippen molar-refractivity contribution >= 4 is 44.9 Å². The monoisotopic (exact) mass is 358 g/mol. The summed E-state index contributed by atoms with van der Waals surface area (Å²) in [6.45, 7) is 2.76. The van der Waals surface area contributed by atoms with Crippen LogP contribution in [0.15, 0.2) is 60.7 Å². The summed E-state index contributed by atoms with van der Waals surface area (Å²) in [5.41, 5.74) is 1.65. The molecule has 0 bridgehead atoms. The number of hydrogen-bond donors (Lipinski definition) is 0. The molecule has 1 aliphatic heterocycles. The molecular formula is C18H18N2O2S2. The van der Waals surface area contributed by atoms with Crippen LogP contribution in [0.3, 0.4) is 0 Å². The largest absolute Gasteiger partial charge is 0.378 e. The van der Waals surface area contributed by atoms with E-state index in [2.05, 4.69) is 0 Å². The van der Waals surface area contributed by atoms with Crippen molar-refractivity contribution < 1.29 is 9.53 Å². The molecule has 1 aliphatic rings. The minimum absolute atomic E-state index is 0.108. The van der Waals surface area contributed by atoms with E-state index >= 15 is 0 Å². The van der Waals surface area contributed by atoms with E-state index in [9.17, 15) is 4.79 Å². The molecule has 0 saturated carbocycles. The van der Waals surface area contributed by atoms with Crippen LogP contribution in [-0.4, -0.2) is 40.8 Å². The first kappa shape index (κ1) is 17.0. The zero-order chi connectivity index (χ0) is 16.8. The lowest BCUT2D eigenvalue weighted by atomic mass is 10.2. The van der Waals surface area contributed by atoms with Gasteiger partial charge < -0.3 is 9.64 Å². The highest BCUT2D eigenvalue weighted by Gasteiger charge is 2.23. The Morgan fingerprint density at radius 1 is 0.958 bits per heavy atom. The third-order valence-corrected chi connectivity index (χ3v) is 4.95. The number of hydrogen-bond acceptors (Lipinski definition) is 4. The molecule has 0 spiro atoms. The molecule has 124 valence electrons. The van der Waals surface area contributed by atoms with Crippen LogP contribution < -0.4 is 4.90 Å². The Labute approximate surface area is 151 Å². The van der Waals surface area contributed by atoms with Gasteiger partial charge in [0.05, 0.1) is 13.2 Å². The highest BCUT2D eigenvalue weighted by Crippen LogP contribution is 2.29. The SMILES string of the molecule is O=C(SC(=S)N1CCOCC1)N(c1ccccc1)c1ccccc1. The summed E-state index contributed by atoms with van der Waals surface area (Å²) in [5, 5.41) is -0.108. The minimum Gasteiger partial charge on any atom is -0.378 e. The lowest BCUT2D eigenvalue weighted by Gasteiger charge is -2.29. The summed E-state index contributed by atoms with van der Waals surface area (Å²) in [6.07, 6.45) is 0. The van der Waals surface area contributed by atoms with Crippen molar-refractivity contribution in [2.45, 2.75) is 0 Å². The van der Waals surface area contributed by atoms with Gasteiger partial charge in [0, 0.05) is 36.2 Å². The first-order chi connectivity index (χ1) is 11.8. The molecule has 1 saturated heterocycles. The Kier molecular flexibility index (Phi) is 5.85. The Morgan fingerprint density at radius 3 is 1.96 bits per heavy atom. The molecule has 1 amide bonds. The van der Waals surface area contributed by atoms with Gasteiger partial charge in [-0.25, -0.2) is 0 Å². The summed E-state index contributed by atoms with van der Waals surface area (Å²) in [6, 6.07) is 19.2. The van der Waals surface area contributed by atoms with Crippen LogP contribution >= 0.6 is 24.0 Å². The van der Waals surface area contributed by atoms with Gasteiger partial charge in [-0.15, -0.1) is 0 Å². The summed E-state index contributed by atoms with van der Waals surface area (Å²) in [4.78, 5) is 16.7. The molecule has 0 radical (unpaired) electrons. The molecule has 3 rings (SSSR count). The molecule has 1 heterocycles. The number of morpholine rings is 1. The topological polar surface area (TPSA) is 32.8 Å². The standard InChI is InChI=1S/C18H18N2O2S2/c21-17(24-18(23)19-11-13-22-14-12-19)20(15-7-3-1-4-8-15)16-9-5-2-6-10-16/h1-10H,11-14H2. The number of carbonyl (C=O) groups excluding carboxylic acids is 1. The molecule has 0 aromatic heterocycles. The summed E-state index contributed by atoms with van der Waals surface area (Å²) >= 11 is 6.55. The second-order valence-corrected chi connectivity index (χ2v) is 6.82. The maximum Gasteiger partial charge on any atom is 0.297 e. The average molecular weight is 358 g/mol. The molecule has 2 aromatic carbocycles. The quantitative estimate of drug-likeness (QED) is 0.748. The van der Waals surface area contributed by atoms with Crippen molar-refractivity contribution in [2.75, 3.05) is 31.2 Å². The van der Waals surface area contributed by atoms with E-state index in [4.69, 9.17) is 17.0 Å². The van der Waals surface area contributed by atoms with E-state index in [0.717, 1.165) is 36.2 Å². The Bertz CT molecular complexity index is 649. The maximum atomic E-state index is 12.9. The van der Waals surface area contributed by atoms with Crippen molar-refractivity contribution in [3.8, 4) is 0 Å². The van der Waals surface area contributed by atoms with Gasteiger partial charge in [-0.05, 0) is 24.3 Å². The molecule has 0 N–H and O–H groups in total. The number of ether oxygens (including phenoxy) is 1. The van der Waals surface area contributed by atoms with Gasteiger partial charge in [-0.1, -0.05) is 48.6 Å². The van der Waals surface area contributed by atoms with Gasteiger partial charge in [-0.2, -0.15) is 0 Å². The van der Waals surface area contributed by atoms with E-state index in [1.165, 1.54) is 0 Å². The summed E-state index contributed by atoms with van der Waals surface area (Å²) in [5.74, 6) is 0. The first-order valence-electron chi connectivity index (χ1n) is 7.74. The van der Waals surface area contributed by atoms with Crippen LogP contribution in [0.1, 0.15) is 0 Å². The van der Waals surface area contributed by atoms with Crippen molar-refractivity contribution in [1.82, 2.24) is 4.90 Å². The molecule has 0 unspecified atom stereocenters. The zero-order valence-electron chi connectivity index (χ0n) is 13.1. The highest BCUT2D eigenvalue weighted by atomic mass is 32.2. The second kappa shape index (κ2) is 8.28. The lowest BCUT2D eigenvalue weighted by molar-refractivity contribution is 0.0702. The molecule has 1 fully saturated rings. The molecule has 2 aromatic rings. The number of para-hydroxylation sites is 2. The van der Waals surface area contributed by atoms with E-state index in [-0.39, 0.29) is 5.24 Å². The Morgan fingerprint density at radius 2 is 1.46 bits per heavy atom. The lowest BCUT2D eigenvalue weighted by Crippen LogP contribution is -2.39. The Hall–Kier alpha value is -1.89. The number of thioether (sulfide) groups is 1. The van der Waals surface area contributed by atoms with E-state index in [1.807, 2.05) is 65.6 Å². The summed E-state index contributed by atoms with van der Waals surface area (Å²) in [7, 11) is 0. The van der Waals surface area contributed by atoms with E-state index < -0.39 is 0 Å². The molecule has 6 heteroatoms. The number of benzene rings is 2. The van der Waals surface area contributed by atoms with Crippen LogP contribution in [0.25, 0.3) is 0 Å². The van der Waals surface area contributed by atoms with E-state index in [1.54, 1.807) is 4.90 Å². The van der Waals surface area contributed by atoms with Crippen molar-refractivity contribution in [3.05, 3.63) is 60.7 Å². The third-order valence-electron chi connectivity index (χ3n) is 3.66. The molecule has 0 aliphatic carbocycles. The number of thiocarbonyl (C=S) groups is 1. The van der Waals surface area contributed by atoms with Gasteiger partial charge in [0.2, 0.25) is 0 Å². The number of rotatable bonds is 2. The van der Waals surface area contributed by atoms with Crippen molar-refractivity contribution in [2.24, 2.45) is 0 Å². The van der Waals surface area contributed by atoms with Crippen LogP contribution in [0.2, 0.25) is 0 Å². The van der Waals surface area contributed by atoms with Crippen LogP contribution in [0, 0.1) is 0 Å². The highest BCUT2D eigenvalue weighted by molar-refractivity contribution is 8.32.